The Balaban J connectivity index is 2.26. The third-order valence-electron chi connectivity index (χ3n) is 3.70. The van der Waals surface area contributed by atoms with Gasteiger partial charge in [-0.2, -0.15) is 5.26 Å². The van der Waals surface area contributed by atoms with Gasteiger partial charge in [-0.05, 0) is 30.7 Å². The smallest absolute Gasteiger partial charge is 0.269 e. The average Bonchev–Trinajstić information content (AvgIpc) is 2.59. The summed E-state index contributed by atoms with van der Waals surface area (Å²) in [6, 6.07) is 14.3. The van der Waals surface area contributed by atoms with Gasteiger partial charge >= 0.3 is 0 Å². The van der Waals surface area contributed by atoms with Gasteiger partial charge in [-0.15, -0.1) is 0 Å². The lowest BCUT2D eigenvalue weighted by Crippen LogP contribution is -2.29. The average molecular weight is 309 g/mol. The van der Waals surface area contributed by atoms with E-state index in [1.807, 2.05) is 6.07 Å². The Morgan fingerprint density at radius 2 is 1.96 bits per heavy atom. The molecule has 0 aromatic heterocycles. The number of nitrogens with zero attached hydrogens (tertiary/aromatic N) is 3. The maximum atomic E-state index is 12.5. The van der Waals surface area contributed by atoms with Crippen LogP contribution in [0.2, 0.25) is 0 Å². The molecule has 2 rings (SSSR count). The Bertz CT molecular complexity index is 796. The van der Waals surface area contributed by atoms with E-state index in [-0.39, 0.29) is 17.6 Å². The van der Waals surface area contributed by atoms with E-state index >= 15 is 0 Å². The zero-order valence-corrected chi connectivity index (χ0v) is 12.8. The van der Waals surface area contributed by atoms with Crippen LogP contribution >= 0.6 is 0 Å². The number of carbonyl (C=O) groups excluding carboxylic acids is 1. The molecule has 0 aliphatic carbocycles. The van der Waals surface area contributed by atoms with Crippen LogP contribution in [0.15, 0.2) is 48.5 Å². The van der Waals surface area contributed by atoms with E-state index in [9.17, 15) is 14.9 Å². The predicted molar refractivity (Wildman–Crippen MR) is 84.8 cm³/mol. The Labute approximate surface area is 133 Å². The summed E-state index contributed by atoms with van der Waals surface area (Å²) in [5.74, 6) is -0.249. The van der Waals surface area contributed by atoms with Crippen LogP contribution in [0.4, 0.5) is 5.69 Å². The highest BCUT2D eigenvalue weighted by molar-refractivity contribution is 5.94. The van der Waals surface area contributed by atoms with Crippen LogP contribution in [0.5, 0.6) is 0 Å². The van der Waals surface area contributed by atoms with Crippen LogP contribution in [0.1, 0.15) is 34.5 Å². The van der Waals surface area contributed by atoms with E-state index in [1.54, 1.807) is 44.3 Å². The fraction of sp³-hybridized carbons (Fsp3) is 0.176. The first kappa shape index (κ1) is 16.2. The number of nitro benzene ring substituents is 1. The van der Waals surface area contributed by atoms with Gasteiger partial charge in [0.15, 0.2) is 0 Å². The summed E-state index contributed by atoms with van der Waals surface area (Å²) in [5.41, 5.74) is 1.48. The second-order valence-electron chi connectivity index (χ2n) is 5.14. The van der Waals surface area contributed by atoms with Gasteiger partial charge in [0.1, 0.15) is 0 Å². The first-order valence-corrected chi connectivity index (χ1v) is 6.95. The van der Waals surface area contributed by atoms with Crippen molar-refractivity contribution in [1.82, 2.24) is 4.90 Å². The number of nitriles is 1. The molecular weight excluding hydrogens is 294 g/mol. The van der Waals surface area contributed by atoms with Gasteiger partial charge in [0.25, 0.3) is 11.6 Å². The molecule has 0 saturated heterocycles. The van der Waals surface area contributed by atoms with Crippen LogP contribution in [-0.2, 0) is 0 Å². The van der Waals surface area contributed by atoms with E-state index < -0.39 is 4.92 Å². The quantitative estimate of drug-likeness (QED) is 0.640. The van der Waals surface area contributed by atoms with Crippen molar-refractivity contribution in [3.63, 3.8) is 0 Å². The maximum Gasteiger partial charge on any atom is 0.269 e. The molecule has 0 fully saturated rings. The van der Waals surface area contributed by atoms with Gasteiger partial charge in [-0.3, -0.25) is 14.9 Å². The standard InChI is InChI=1S/C17H15N3O3/c1-12(14-6-4-8-16(10-14)20(22)23)19(2)17(21)15-7-3-5-13(9-15)11-18/h3-10,12H,1-2H3/t12-/m0/s1. The summed E-state index contributed by atoms with van der Waals surface area (Å²) in [6.07, 6.45) is 0. The Hall–Kier alpha value is -3.20. The van der Waals surface area contributed by atoms with Crippen molar-refractivity contribution in [2.24, 2.45) is 0 Å². The summed E-state index contributed by atoms with van der Waals surface area (Å²) >= 11 is 0. The van der Waals surface area contributed by atoms with Gasteiger partial charge in [-0.25, -0.2) is 0 Å². The zero-order chi connectivity index (χ0) is 17.0. The van der Waals surface area contributed by atoms with Crippen molar-refractivity contribution in [2.45, 2.75) is 13.0 Å². The third-order valence-corrected chi connectivity index (χ3v) is 3.70. The van der Waals surface area contributed by atoms with Crippen molar-refractivity contribution in [3.8, 4) is 6.07 Å². The highest BCUT2D eigenvalue weighted by atomic mass is 16.6. The number of rotatable bonds is 4. The van der Waals surface area contributed by atoms with Crippen molar-refractivity contribution < 1.29 is 9.72 Å². The number of non-ortho nitro benzene ring substituents is 1. The van der Waals surface area contributed by atoms with Crippen LogP contribution in [0.3, 0.4) is 0 Å². The van der Waals surface area contributed by atoms with Gasteiger partial charge in [-0.1, -0.05) is 18.2 Å². The molecule has 0 radical (unpaired) electrons. The molecule has 0 aliphatic rings. The molecule has 1 atom stereocenters. The second kappa shape index (κ2) is 6.71. The molecule has 0 bridgehead atoms. The van der Waals surface area contributed by atoms with Gasteiger partial charge < -0.3 is 4.90 Å². The summed E-state index contributed by atoms with van der Waals surface area (Å²) in [7, 11) is 1.63. The third kappa shape index (κ3) is 3.52. The van der Waals surface area contributed by atoms with Crippen LogP contribution in [0.25, 0.3) is 0 Å². The molecule has 0 heterocycles. The number of nitro groups is 1. The SMILES string of the molecule is C[C@@H](c1cccc([N+](=O)[O-])c1)N(C)C(=O)c1cccc(C#N)c1. The number of carbonyl (C=O) groups is 1. The Morgan fingerprint density at radius 3 is 2.61 bits per heavy atom. The summed E-state index contributed by atoms with van der Waals surface area (Å²) in [6.45, 7) is 1.80. The molecule has 23 heavy (non-hydrogen) atoms. The van der Waals surface area contributed by atoms with Gasteiger partial charge in [0.05, 0.1) is 22.6 Å². The zero-order valence-electron chi connectivity index (χ0n) is 12.8. The second-order valence-corrected chi connectivity index (χ2v) is 5.14. The normalized spacial score (nSPS) is 11.3. The fourth-order valence-electron chi connectivity index (χ4n) is 2.22. The first-order chi connectivity index (χ1) is 10.9. The number of amides is 1. The van der Waals surface area contributed by atoms with E-state index in [0.29, 0.717) is 16.7 Å². The Morgan fingerprint density at radius 1 is 1.26 bits per heavy atom. The van der Waals surface area contributed by atoms with Gasteiger partial charge in [0, 0.05) is 24.7 Å². The minimum atomic E-state index is -0.464. The highest BCUT2D eigenvalue weighted by Gasteiger charge is 2.20. The fourth-order valence-corrected chi connectivity index (χ4v) is 2.22. The molecule has 116 valence electrons. The van der Waals surface area contributed by atoms with Gasteiger partial charge in [0.2, 0.25) is 0 Å². The minimum Gasteiger partial charge on any atom is -0.335 e. The number of benzene rings is 2. The lowest BCUT2D eigenvalue weighted by molar-refractivity contribution is -0.384. The topological polar surface area (TPSA) is 87.2 Å². The summed E-state index contributed by atoms with van der Waals surface area (Å²) in [4.78, 5) is 24.4. The first-order valence-electron chi connectivity index (χ1n) is 6.95. The molecule has 2 aromatic rings. The molecule has 0 N–H and O–H groups in total. The van der Waals surface area contributed by atoms with Crippen LogP contribution < -0.4 is 0 Å². The number of hydrogen-bond acceptors (Lipinski definition) is 4. The molecule has 1 amide bonds. The molecule has 0 unspecified atom stereocenters. The maximum absolute atomic E-state index is 12.5. The summed E-state index contributed by atoms with van der Waals surface area (Å²) < 4.78 is 0. The molecule has 0 spiro atoms. The molecular formula is C17H15N3O3. The molecule has 0 saturated carbocycles. The van der Waals surface area contributed by atoms with E-state index in [0.717, 1.165) is 0 Å². The van der Waals surface area contributed by atoms with Crippen molar-refractivity contribution in [3.05, 3.63) is 75.3 Å². The van der Waals surface area contributed by atoms with E-state index in [4.69, 9.17) is 5.26 Å². The van der Waals surface area contributed by atoms with Crippen LogP contribution in [0, 0.1) is 21.4 Å². The molecule has 6 heteroatoms. The molecule has 2 aromatic carbocycles. The minimum absolute atomic E-state index is 0.0123. The lowest BCUT2D eigenvalue weighted by atomic mass is 10.0. The molecule has 0 aliphatic heterocycles. The monoisotopic (exact) mass is 309 g/mol. The van der Waals surface area contributed by atoms with E-state index in [2.05, 4.69) is 0 Å². The van der Waals surface area contributed by atoms with Crippen molar-refractivity contribution >= 4 is 11.6 Å². The highest BCUT2D eigenvalue weighted by Crippen LogP contribution is 2.24. The number of hydrogen-bond donors (Lipinski definition) is 0. The van der Waals surface area contributed by atoms with Crippen LogP contribution in [-0.4, -0.2) is 22.8 Å². The summed E-state index contributed by atoms with van der Waals surface area (Å²) in [5, 5.41) is 19.8. The molecule has 6 nitrogen and oxygen atoms in total. The van der Waals surface area contributed by atoms with E-state index in [1.165, 1.54) is 23.1 Å². The predicted octanol–water partition coefficient (Wildman–Crippen LogP) is 3.30. The largest absolute Gasteiger partial charge is 0.335 e. The lowest BCUT2D eigenvalue weighted by Gasteiger charge is -2.25. The van der Waals surface area contributed by atoms with Crippen molar-refractivity contribution in [1.29, 1.82) is 5.26 Å². The van der Waals surface area contributed by atoms with Crippen molar-refractivity contribution in [2.75, 3.05) is 7.05 Å². The Kier molecular flexibility index (Phi) is 4.72.